The Morgan fingerprint density at radius 2 is 0.889 bits per heavy atom. The predicted octanol–water partition coefficient (Wildman–Crippen LogP) is 4.69. The topological polar surface area (TPSA) is 256 Å². The molecule has 0 aromatic heterocycles. The number of nitrogens with two attached hydrogens (primary N) is 2. The lowest BCUT2D eigenvalue weighted by Crippen LogP contribution is -2.57. The number of hydrogen-bond acceptors (Lipinski definition) is 14. The van der Waals surface area contributed by atoms with Crippen LogP contribution in [0.25, 0.3) is 0 Å². The first-order valence-corrected chi connectivity index (χ1v) is 24.9. The largest absolute Gasteiger partial charge is 0.465 e. The number of ketones is 2. The molecule has 72 heavy (non-hydrogen) atoms. The number of carbonyl (C=O) groups excluding carboxylic acids is 6. The number of hydrogen-bond donors (Lipinski definition) is 6. The molecule has 0 fully saturated rings. The second-order valence-corrected chi connectivity index (χ2v) is 19.4. The molecule has 8 N–H and O–H groups in total. The Kier molecular flexibility index (Phi) is 20.3. The minimum absolute atomic E-state index is 0.0142. The average Bonchev–Trinajstić information content (AvgIpc) is 3.94. The van der Waals surface area contributed by atoms with Gasteiger partial charge in [-0.15, -0.1) is 0 Å². The highest BCUT2D eigenvalue weighted by Crippen LogP contribution is 2.39. The summed E-state index contributed by atoms with van der Waals surface area (Å²) < 4.78 is 23.0. The van der Waals surface area contributed by atoms with Crippen LogP contribution >= 0.6 is 0 Å². The van der Waals surface area contributed by atoms with E-state index < -0.39 is 84.2 Å². The molecule has 6 rings (SSSR count). The Hall–Kier alpha value is -6.14. The van der Waals surface area contributed by atoms with E-state index in [0.29, 0.717) is 35.1 Å². The van der Waals surface area contributed by atoms with Crippen molar-refractivity contribution in [3.05, 3.63) is 143 Å². The number of benzene rings is 4. The van der Waals surface area contributed by atoms with Crippen LogP contribution in [0.15, 0.2) is 109 Å². The van der Waals surface area contributed by atoms with Crippen molar-refractivity contribution in [1.29, 1.82) is 0 Å². The second-order valence-electron chi connectivity index (χ2n) is 19.4. The third-order valence-electron chi connectivity index (χ3n) is 13.5. The second kappa shape index (κ2) is 26.5. The highest BCUT2D eigenvalue weighted by Gasteiger charge is 2.46. The van der Waals surface area contributed by atoms with Gasteiger partial charge in [0.2, 0.25) is 0 Å². The third-order valence-corrected chi connectivity index (χ3v) is 13.5. The molecule has 4 aromatic carbocycles. The molecule has 0 saturated carbocycles. The molecule has 10 atom stereocenters. The predicted molar refractivity (Wildman–Crippen MR) is 267 cm³/mol. The molecule has 4 aromatic rings. The maximum absolute atomic E-state index is 14.7. The number of esters is 2. The van der Waals surface area contributed by atoms with E-state index in [4.69, 9.17) is 30.4 Å². The van der Waals surface area contributed by atoms with Crippen LogP contribution in [-0.4, -0.2) is 95.2 Å². The lowest BCUT2D eigenvalue weighted by Gasteiger charge is -2.33. The Morgan fingerprint density at radius 3 is 1.25 bits per heavy atom. The number of aliphatic hydroxyl groups is 2. The summed E-state index contributed by atoms with van der Waals surface area (Å²) in [6.45, 7) is 6.84. The SMILES string of the molecule is CC(C)[C@H](N)C(=O)OCCCC(=O)[C@@H]1Cc2ccccc2[C@H]1NC(=O)[C@H](OCc1ccccc1)[C@H](O)[C@@H](O)[C@@H](OCc1ccccc1)C(=O)N[C@@H]1c2ccccc2C[C@H]1C(=O)CCCOC(=O)[C@@H](N)C(C)C. The lowest BCUT2D eigenvalue weighted by atomic mass is 9.92. The van der Waals surface area contributed by atoms with E-state index in [1.807, 2.05) is 76.2 Å². The Morgan fingerprint density at radius 1 is 0.542 bits per heavy atom. The van der Waals surface area contributed by atoms with Crippen molar-refractivity contribution >= 4 is 35.3 Å². The quantitative estimate of drug-likeness (QED) is 0.0350. The molecule has 0 aliphatic heterocycles. The minimum atomic E-state index is -2.09. The van der Waals surface area contributed by atoms with Gasteiger partial charge in [-0.25, -0.2) is 0 Å². The standard InChI is InChI=1S/C56H70N4O12/c1-33(2)45(57)55(67)69-27-15-25-43(61)41-29-37-21-11-13-23-39(37)47(41)59-53(65)51(71-31-35-17-7-5-8-18-35)49(63)50(64)52(72-32-36-19-9-6-10-20-36)54(66)60-48-40-24-14-12-22-38(40)30-42(48)44(62)26-16-28-70-56(68)46(58)34(3)4/h5-14,17-24,33-34,41-42,45-52,63-64H,15-16,25-32,57-58H2,1-4H3,(H,59,65)(H,60,66)/t41-,42-,45-,46-,47+,48+,49+,50+,51+,52+/m0/s1. The third kappa shape index (κ3) is 14.5. The van der Waals surface area contributed by atoms with Crippen LogP contribution in [0.2, 0.25) is 0 Å². The van der Waals surface area contributed by atoms with E-state index in [1.54, 1.807) is 60.7 Å². The first kappa shape index (κ1) is 55.2. The van der Waals surface area contributed by atoms with Crippen LogP contribution in [0.1, 0.15) is 98.8 Å². The molecule has 0 heterocycles. The highest BCUT2D eigenvalue weighted by atomic mass is 16.5. The Balaban J connectivity index is 1.23. The summed E-state index contributed by atoms with van der Waals surface area (Å²) in [6, 6.07) is 29.1. The number of ether oxygens (including phenoxy) is 4. The molecule has 0 radical (unpaired) electrons. The fourth-order valence-corrected chi connectivity index (χ4v) is 9.10. The number of amides is 2. The van der Waals surface area contributed by atoms with E-state index in [1.165, 1.54) is 0 Å². The minimum Gasteiger partial charge on any atom is -0.465 e. The molecule has 0 unspecified atom stereocenters. The van der Waals surface area contributed by atoms with E-state index in [-0.39, 0.29) is 75.5 Å². The van der Waals surface area contributed by atoms with Gasteiger partial charge in [0.25, 0.3) is 11.8 Å². The van der Waals surface area contributed by atoms with Crippen molar-refractivity contribution in [2.45, 2.75) is 128 Å². The summed E-state index contributed by atoms with van der Waals surface area (Å²) in [6.07, 6.45) is -6.63. The first-order chi connectivity index (χ1) is 34.5. The van der Waals surface area contributed by atoms with Crippen LogP contribution in [-0.2, 0) is 73.8 Å². The molecule has 386 valence electrons. The average molecular weight is 991 g/mol. The van der Waals surface area contributed by atoms with Gasteiger partial charge in [-0.1, -0.05) is 137 Å². The summed E-state index contributed by atoms with van der Waals surface area (Å²) in [5.41, 5.74) is 16.2. The fourth-order valence-electron chi connectivity index (χ4n) is 9.10. The first-order valence-electron chi connectivity index (χ1n) is 24.9. The smallest absolute Gasteiger partial charge is 0.323 e. The summed E-state index contributed by atoms with van der Waals surface area (Å²) in [5, 5.41) is 30.4. The molecular formula is C56H70N4O12. The van der Waals surface area contributed by atoms with Crippen molar-refractivity contribution in [1.82, 2.24) is 10.6 Å². The van der Waals surface area contributed by atoms with Crippen LogP contribution in [0.4, 0.5) is 0 Å². The molecule has 2 aliphatic carbocycles. The van der Waals surface area contributed by atoms with Crippen LogP contribution in [0.5, 0.6) is 0 Å². The van der Waals surface area contributed by atoms with Crippen molar-refractivity contribution in [2.75, 3.05) is 13.2 Å². The number of rotatable bonds is 27. The summed E-state index contributed by atoms with van der Waals surface area (Å²) >= 11 is 0. The van der Waals surface area contributed by atoms with Gasteiger partial charge in [0.1, 0.15) is 35.9 Å². The summed E-state index contributed by atoms with van der Waals surface area (Å²) in [5.74, 6) is -4.90. The van der Waals surface area contributed by atoms with E-state index in [9.17, 15) is 39.0 Å². The van der Waals surface area contributed by atoms with Crippen molar-refractivity contribution in [3.63, 3.8) is 0 Å². The number of nitrogens with one attached hydrogen (secondary N) is 2. The molecule has 0 bridgehead atoms. The maximum atomic E-state index is 14.7. The van der Waals surface area contributed by atoms with Crippen molar-refractivity contribution in [3.8, 4) is 0 Å². The highest BCUT2D eigenvalue weighted by molar-refractivity contribution is 5.88. The Labute approximate surface area is 421 Å². The number of fused-ring (bicyclic) bond motifs is 2. The van der Waals surface area contributed by atoms with E-state index in [2.05, 4.69) is 10.6 Å². The maximum Gasteiger partial charge on any atom is 0.323 e. The molecule has 16 heteroatoms. The molecule has 0 spiro atoms. The van der Waals surface area contributed by atoms with Crippen LogP contribution < -0.4 is 22.1 Å². The van der Waals surface area contributed by atoms with Gasteiger partial charge in [0, 0.05) is 24.7 Å². The number of carbonyl (C=O) groups is 6. The Bertz CT molecular complexity index is 2280. The van der Waals surface area contributed by atoms with Gasteiger partial charge < -0.3 is 51.3 Å². The molecule has 2 aliphatic rings. The molecule has 2 amide bonds. The van der Waals surface area contributed by atoms with E-state index >= 15 is 0 Å². The van der Waals surface area contributed by atoms with Gasteiger partial charge in [0.05, 0.1) is 38.5 Å². The van der Waals surface area contributed by atoms with Gasteiger partial charge in [-0.2, -0.15) is 0 Å². The summed E-state index contributed by atoms with van der Waals surface area (Å²) in [4.78, 5) is 82.0. The van der Waals surface area contributed by atoms with Gasteiger partial charge in [-0.3, -0.25) is 28.8 Å². The normalized spacial score (nSPS) is 19.5. The lowest BCUT2D eigenvalue weighted by molar-refractivity contribution is -0.171. The zero-order chi connectivity index (χ0) is 51.9. The van der Waals surface area contributed by atoms with Gasteiger partial charge in [-0.05, 0) is 70.9 Å². The summed E-state index contributed by atoms with van der Waals surface area (Å²) in [7, 11) is 0. The molecule has 0 saturated heterocycles. The zero-order valence-corrected chi connectivity index (χ0v) is 41.5. The van der Waals surface area contributed by atoms with Gasteiger partial charge >= 0.3 is 11.9 Å². The van der Waals surface area contributed by atoms with Crippen LogP contribution in [0.3, 0.4) is 0 Å². The fraction of sp³-hybridized carbons (Fsp3) is 0.464. The molecule has 16 nitrogen and oxygen atoms in total. The van der Waals surface area contributed by atoms with Crippen molar-refractivity contribution in [2.24, 2.45) is 35.1 Å². The number of Topliss-reactive ketones (excluding diaryl/α,β-unsaturated/α-hetero) is 2. The number of aliphatic hydroxyl groups excluding tert-OH is 2. The van der Waals surface area contributed by atoms with Gasteiger partial charge in [0.15, 0.2) is 12.2 Å². The monoisotopic (exact) mass is 990 g/mol. The van der Waals surface area contributed by atoms with Crippen LogP contribution in [0, 0.1) is 23.7 Å². The zero-order valence-electron chi connectivity index (χ0n) is 41.5. The molecular weight excluding hydrogens is 921 g/mol. The van der Waals surface area contributed by atoms with E-state index in [0.717, 1.165) is 11.1 Å². The van der Waals surface area contributed by atoms with Crippen molar-refractivity contribution < 1.29 is 57.9 Å².